The Bertz CT molecular complexity index is 812. The Morgan fingerprint density at radius 3 is 2.07 bits per heavy atom. The molecule has 1 saturated heterocycles. The van der Waals surface area contributed by atoms with Gasteiger partial charge in [-0.3, -0.25) is 9.59 Å². The van der Waals surface area contributed by atoms with E-state index in [1.54, 1.807) is 34.1 Å². The van der Waals surface area contributed by atoms with E-state index in [1.165, 1.54) is 12.1 Å². The van der Waals surface area contributed by atoms with Crippen LogP contribution in [0.5, 0.6) is 17.2 Å². The highest BCUT2D eigenvalue weighted by Gasteiger charge is 2.25. The summed E-state index contributed by atoms with van der Waals surface area (Å²) in [5.74, 6) is -0.249. The number of nitrogens with zero attached hydrogens (tertiary/aromatic N) is 2. The molecule has 7 nitrogen and oxygen atoms in total. The molecule has 1 fully saturated rings. The Labute approximate surface area is 161 Å². The van der Waals surface area contributed by atoms with Gasteiger partial charge in [-0.2, -0.15) is 0 Å². The molecule has 1 heterocycles. The van der Waals surface area contributed by atoms with Gasteiger partial charge >= 0.3 is 0 Å². The summed E-state index contributed by atoms with van der Waals surface area (Å²) >= 11 is 5.81. The van der Waals surface area contributed by atoms with Crippen LogP contribution in [0.25, 0.3) is 0 Å². The lowest BCUT2D eigenvalue weighted by Gasteiger charge is -2.34. The molecule has 2 aromatic carbocycles. The summed E-state index contributed by atoms with van der Waals surface area (Å²) in [5.41, 5.74) is 0.207. The molecule has 3 rings (SSSR count). The lowest BCUT2D eigenvalue weighted by atomic mass is 10.1. The zero-order chi connectivity index (χ0) is 19.4. The zero-order valence-corrected chi connectivity index (χ0v) is 15.2. The smallest absolute Gasteiger partial charge is 0.260 e. The quantitative estimate of drug-likeness (QED) is 0.834. The number of phenolic OH excluding ortho intramolecular Hbond substituents is 2. The van der Waals surface area contributed by atoms with Gasteiger partial charge in [0.15, 0.2) is 6.61 Å². The number of benzene rings is 2. The van der Waals surface area contributed by atoms with E-state index in [4.69, 9.17) is 16.3 Å². The van der Waals surface area contributed by atoms with Crippen LogP contribution in [0.15, 0.2) is 42.5 Å². The molecule has 0 aliphatic carbocycles. The topological polar surface area (TPSA) is 90.3 Å². The molecule has 2 aromatic rings. The van der Waals surface area contributed by atoms with Gasteiger partial charge < -0.3 is 24.7 Å². The summed E-state index contributed by atoms with van der Waals surface area (Å²) in [6.07, 6.45) is 0. The van der Waals surface area contributed by atoms with Gasteiger partial charge in [0.2, 0.25) is 0 Å². The molecule has 2 amide bonds. The van der Waals surface area contributed by atoms with Crippen molar-refractivity contribution >= 4 is 23.4 Å². The Morgan fingerprint density at radius 1 is 0.926 bits per heavy atom. The van der Waals surface area contributed by atoms with E-state index in [9.17, 15) is 19.8 Å². The van der Waals surface area contributed by atoms with Crippen LogP contribution in [0.1, 0.15) is 10.4 Å². The van der Waals surface area contributed by atoms with Gasteiger partial charge in [0.05, 0.1) is 0 Å². The first-order valence-corrected chi connectivity index (χ1v) is 8.78. The Kier molecular flexibility index (Phi) is 5.71. The Balaban J connectivity index is 1.51. The minimum atomic E-state index is -0.300. The average molecular weight is 391 g/mol. The number of hydrogen-bond acceptors (Lipinski definition) is 5. The van der Waals surface area contributed by atoms with Crippen LogP contribution in [0.2, 0.25) is 5.02 Å². The minimum absolute atomic E-state index is 0.0873. The van der Waals surface area contributed by atoms with Crippen molar-refractivity contribution in [1.82, 2.24) is 9.80 Å². The van der Waals surface area contributed by atoms with E-state index in [0.29, 0.717) is 37.0 Å². The highest BCUT2D eigenvalue weighted by Crippen LogP contribution is 2.22. The molecule has 0 spiro atoms. The number of ether oxygens (including phenoxy) is 1. The summed E-state index contributed by atoms with van der Waals surface area (Å²) in [6.45, 7) is 1.42. The maximum atomic E-state index is 12.5. The number of phenols is 2. The maximum Gasteiger partial charge on any atom is 0.260 e. The molecule has 0 radical (unpaired) electrons. The second-order valence-electron chi connectivity index (χ2n) is 6.15. The summed E-state index contributed by atoms with van der Waals surface area (Å²) in [7, 11) is 0. The van der Waals surface area contributed by atoms with Crippen LogP contribution < -0.4 is 4.74 Å². The van der Waals surface area contributed by atoms with Crippen LogP contribution in [-0.4, -0.2) is 64.6 Å². The summed E-state index contributed by atoms with van der Waals surface area (Å²) in [4.78, 5) is 28.0. The third kappa shape index (κ3) is 4.83. The van der Waals surface area contributed by atoms with E-state index in [1.807, 2.05) is 0 Å². The third-order valence-corrected chi connectivity index (χ3v) is 4.50. The van der Waals surface area contributed by atoms with E-state index >= 15 is 0 Å². The van der Waals surface area contributed by atoms with E-state index in [-0.39, 0.29) is 35.5 Å². The van der Waals surface area contributed by atoms with Gasteiger partial charge in [-0.15, -0.1) is 0 Å². The molecule has 0 atom stereocenters. The first-order valence-electron chi connectivity index (χ1n) is 8.41. The first kappa shape index (κ1) is 18.8. The highest BCUT2D eigenvalue weighted by atomic mass is 35.5. The van der Waals surface area contributed by atoms with Gasteiger partial charge in [0.1, 0.15) is 17.2 Å². The fraction of sp³-hybridized carbons (Fsp3) is 0.263. The second kappa shape index (κ2) is 8.18. The number of hydrogen-bond donors (Lipinski definition) is 2. The van der Waals surface area contributed by atoms with Crippen LogP contribution in [0.3, 0.4) is 0 Å². The molecule has 27 heavy (non-hydrogen) atoms. The predicted octanol–water partition coefficient (Wildman–Crippen LogP) is 2.11. The number of piperazine rings is 1. The highest BCUT2D eigenvalue weighted by molar-refractivity contribution is 6.30. The number of amides is 2. The average Bonchev–Trinajstić information content (AvgIpc) is 2.66. The van der Waals surface area contributed by atoms with Crippen LogP contribution in [-0.2, 0) is 4.79 Å². The Hall–Kier alpha value is -2.93. The normalized spacial score (nSPS) is 14.1. The molecule has 1 aliphatic heterocycles. The third-order valence-electron chi connectivity index (χ3n) is 4.25. The summed E-state index contributed by atoms with van der Waals surface area (Å²) in [5, 5.41) is 19.6. The van der Waals surface area contributed by atoms with Crippen LogP contribution in [0.4, 0.5) is 0 Å². The van der Waals surface area contributed by atoms with E-state index < -0.39 is 0 Å². The van der Waals surface area contributed by atoms with Crippen molar-refractivity contribution in [2.45, 2.75) is 0 Å². The van der Waals surface area contributed by atoms with Crippen molar-refractivity contribution in [2.75, 3.05) is 32.8 Å². The molecule has 0 saturated carbocycles. The van der Waals surface area contributed by atoms with E-state index in [0.717, 1.165) is 6.07 Å². The molecular formula is C19H19ClN2O5. The number of rotatable bonds is 4. The monoisotopic (exact) mass is 390 g/mol. The summed E-state index contributed by atoms with van der Waals surface area (Å²) in [6, 6.07) is 10.5. The van der Waals surface area contributed by atoms with Crippen molar-refractivity contribution in [3.8, 4) is 17.2 Å². The number of aromatic hydroxyl groups is 2. The molecular weight excluding hydrogens is 372 g/mol. The molecule has 0 unspecified atom stereocenters. The van der Waals surface area contributed by atoms with Gasteiger partial charge in [-0.05, 0) is 36.4 Å². The van der Waals surface area contributed by atoms with Crippen LogP contribution in [0, 0.1) is 0 Å². The standard InChI is InChI=1S/C19H19ClN2O5/c20-14-1-3-17(4-2-14)27-12-18(25)21-5-7-22(8-6-21)19(26)13-9-15(23)11-16(24)10-13/h1-4,9-11,23-24H,5-8,12H2. The van der Waals surface area contributed by atoms with Gasteiger partial charge in [0, 0.05) is 42.8 Å². The Morgan fingerprint density at radius 2 is 1.48 bits per heavy atom. The molecule has 2 N–H and O–H groups in total. The van der Waals surface area contributed by atoms with Crippen molar-refractivity contribution in [3.05, 3.63) is 53.1 Å². The molecule has 0 bridgehead atoms. The molecule has 1 aliphatic rings. The lowest BCUT2D eigenvalue weighted by molar-refractivity contribution is -0.134. The molecule has 8 heteroatoms. The number of halogens is 1. The fourth-order valence-corrected chi connectivity index (χ4v) is 2.95. The van der Waals surface area contributed by atoms with Crippen molar-refractivity contribution in [2.24, 2.45) is 0 Å². The SMILES string of the molecule is O=C(COc1ccc(Cl)cc1)N1CCN(C(=O)c2cc(O)cc(O)c2)CC1. The van der Waals surface area contributed by atoms with Crippen LogP contribution >= 0.6 is 11.6 Å². The predicted molar refractivity (Wildman–Crippen MR) is 99.2 cm³/mol. The van der Waals surface area contributed by atoms with Gasteiger partial charge in [-0.1, -0.05) is 11.6 Å². The van der Waals surface area contributed by atoms with Crippen molar-refractivity contribution in [1.29, 1.82) is 0 Å². The van der Waals surface area contributed by atoms with Gasteiger partial charge in [-0.25, -0.2) is 0 Å². The summed E-state index contributed by atoms with van der Waals surface area (Å²) < 4.78 is 5.46. The number of carbonyl (C=O) groups is 2. The first-order chi connectivity index (χ1) is 12.9. The van der Waals surface area contributed by atoms with Crippen molar-refractivity contribution in [3.63, 3.8) is 0 Å². The van der Waals surface area contributed by atoms with E-state index in [2.05, 4.69) is 0 Å². The minimum Gasteiger partial charge on any atom is -0.508 e. The maximum absolute atomic E-state index is 12.5. The second-order valence-corrected chi connectivity index (χ2v) is 6.59. The largest absolute Gasteiger partial charge is 0.508 e. The van der Waals surface area contributed by atoms with Crippen molar-refractivity contribution < 1.29 is 24.5 Å². The molecule has 0 aromatic heterocycles. The van der Waals surface area contributed by atoms with Gasteiger partial charge in [0.25, 0.3) is 11.8 Å². The zero-order valence-electron chi connectivity index (χ0n) is 14.5. The number of carbonyl (C=O) groups excluding carboxylic acids is 2. The molecule has 142 valence electrons. The lowest BCUT2D eigenvalue weighted by Crippen LogP contribution is -2.51. The fourth-order valence-electron chi connectivity index (χ4n) is 2.83.